The molecule has 1 fully saturated rings. The minimum Gasteiger partial charge on any atom is -0.497 e. The Morgan fingerprint density at radius 1 is 1.13 bits per heavy atom. The van der Waals surface area contributed by atoms with Crippen molar-refractivity contribution in [3.8, 4) is 16.9 Å². The molecule has 0 aliphatic carbocycles. The second-order valence-corrected chi connectivity index (χ2v) is 7.54. The quantitative estimate of drug-likeness (QED) is 0.636. The molecule has 5 nitrogen and oxygen atoms in total. The average molecular weight is 405 g/mol. The molecule has 3 aromatic rings. The average Bonchev–Trinajstić information content (AvgIpc) is 2.79. The molecular formula is C24H24FN3O2. The number of likely N-dealkylation sites (tertiary alicyclic amines) is 1. The monoisotopic (exact) mass is 405 g/mol. The zero-order valence-corrected chi connectivity index (χ0v) is 17.1. The summed E-state index contributed by atoms with van der Waals surface area (Å²) in [5.74, 6) is 1.25. The number of nitrogens with zero attached hydrogens (tertiary/aromatic N) is 3. The molecule has 4 rings (SSSR count). The molecule has 2 heterocycles. The number of ether oxygens (including phenoxy) is 1. The number of halogens is 1. The Hall–Kier alpha value is -3.28. The first-order valence-corrected chi connectivity index (χ1v) is 10.1. The zero-order chi connectivity index (χ0) is 21.1. The number of hydrogen-bond acceptors (Lipinski definition) is 4. The molecule has 0 bridgehead atoms. The van der Waals surface area contributed by atoms with Gasteiger partial charge in [0.2, 0.25) is 0 Å². The normalized spacial score (nSPS) is 16.4. The molecule has 0 spiro atoms. The summed E-state index contributed by atoms with van der Waals surface area (Å²) in [7, 11) is 1.61. The largest absolute Gasteiger partial charge is 0.497 e. The molecule has 2 aromatic carbocycles. The third-order valence-corrected chi connectivity index (χ3v) is 5.53. The van der Waals surface area contributed by atoms with Crippen molar-refractivity contribution in [3.05, 3.63) is 77.6 Å². The van der Waals surface area contributed by atoms with E-state index in [-0.39, 0.29) is 17.6 Å². The summed E-state index contributed by atoms with van der Waals surface area (Å²) in [4.78, 5) is 24.0. The number of amides is 1. The van der Waals surface area contributed by atoms with E-state index in [0.29, 0.717) is 17.9 Å². The number of aryl methyl sites for hydroxylation is 1. The Kier molecular flexibility index (Phi) is 5.74. The van der Waals surface area contributed by atoms with E-state index in [2.05, 4.69) is 4.98 Å². The minimum absolute atomic E-state index is 0.0106. The zero-order valence-electron chi connectivity index (χ0n) is 17.1. The Bertz CT molecular complexity index is 1040. The standard InChI is InChI=1S/C24H24FN3O2/c1-16-26-14-22(17-5-9-20(25)10-6-17)23(27-16)19-4-3-13-28(15-19)24(29)18-7-11-21(30-2)12-8-18/h5-12,14,19H,3-4,13,15H2,1-2H3. The van der Waals surface area contributed by atoms with Crippen LogP contribution in [0.15, 0.2) is 54.7 Å². The van der Waals surface area contributed by atoms with Gasteiger partial charge in [0, 0.05) is 36.3 Å². The fraction of sp³-hybridized carbons (Fsp3) is 0.292. The molecule has 1 amide bonds. The Morgan fingerprint density at radius 3 is 2.57 bits per heavy atom. The summed E-state index contributed by atoms with van der Waals surface area (Å²) < 4.78 is 18.6. The van der Waals surface area contributed by atoms with Gasteiger partial charge in [0.15, 0.2) is 0 Å². The van der Waals surface area contributed by atoms with E-state index in [1.807, 2.05) is 11.8 Å². The fourth-order valence-electron chi connectivity index (χ4n) is 3.95. The number of rotatable bonds is 4. The molecular weight excluding hydrogens is 381 g/mol. The van der Waals surface area contributed by atoms with Crippen molar-refractivity contribution in [1.29, 1.82) is 0 Å². The summed E-state index contributed by atoms with van der Waals surface area (Å²) in [6.45, 7) is 3.17. The number of carbonyl (C=O) groups excluding carboxylic acids is 1. The molecule has 1 saturated heterocycles. The molecule has 0 N–H and O–H groups in total. The van der Waals surface area contributed by atoms with Gasteiger partial charge in [-0.1, -0.05) is 12.1 Å². The van der Waals surface area contributed by atoms with Gasteiger partial charge in [-0.3, -0.25) is 4.79 Å². The molecule has 0 saturated carbocycles. The van der Waals surface area contributed by atoms with Gasteiger partial charge >= 0.3 is 0 Å². The molecule has 1 aliphatic rings. The van der Waals surface area contributed by atoms with Crippen molar-refractivity contribution >= 4 is 5.91 Å². The van der Waals surface area contributed by atoms with Crippen LogP contribution in [0, 0.1) is 12.7 Å². The van der Waals surface area contributed by atoms with E-state index in [4.69, 9.17) is 9.72 Å². The minimum atomic E-state index is -0.276. The van der Waals surface area contributed by atoms with Crippen LogP contribution in [0.25, 0.3) is 11.1 Å². The molecule has 1 atom stereocenters. The van der Waals surface area contributed by atoms with E-state index in [1.165, 1.54) is 12.1 Å². The van der Waals surface area contributed by atoms with Crippen LogP contribution < -0.4 is 4.74 Å². The highest BCUT2D eigenvalue weighted by molar-refractivity contribution is 5.94. The van der Waals surface area contributed by atoms with Crippen molar-refractivity contribution in [2.45, 2.75) is 25.7 Å². The first kappa shape index (κ1) is 20.0. The number of piperidine rings is 1. The summed E-state index contributed by atoms with van der Waals surface area (Å²) in [6.07, 6.45) is 3.64. The van der Waals surface area contributed by atoms with Gasteiger partial charge in [0.1, 0.15) is 17.4 Å². The van der Waals surface area contributed by atoms with Gasteiger partial charge in [0.25, 0.3) is 5.91 Å². The van der Waals surface area contributed by atoms with Crippen LogP contribution in [0.3, 0.4) is 0 Å². The summed E-state index contributed by atoms with van der Waals surface area (Å²) in [5.41, 5.74) is 3.34. The second kappa shape index (κ2) is 8.61. The molecule has 1 aliphatic heterocycles. The summed E-state index contributed by atoms with van der Waals surface area (Å²) in [6, 6.07) is 13.6. The van der Waals surface area contributed by atoms with Gasteiger partial charge in [-0.05, 0) is 61.7 Å². The third-order valence-electron chi connectivity index (χ3n) is 5.53. The number of carbonyl (C=O) groups is 1. The van der Waals surface area contributed by atoms with Crippen LogP contribution in [0.1, 0.15) is 40.6 Å². The highest BCUT2D eigenvalue weighted by Crippen LogP contribution is 2.33. The van der Waals surface area contributed by atoms with E-state index in [1.54, 1.807) is 49.7 Å². The van der Waals surface area contributed by atoms with Crippen molar-refractivity contribution in [2.24, 2.45) is 0 Å². The lowest BCUT2D eigenvalue weighted by Crippen LogP contribution is -2.39. The van der Waals surface area contributed by atoms with Crippen molar-refractivity contribution in [2.75, 3.05) is 20.2 Å². The van der Waals surface area contributed by atoms with Crippen molar-refractivity contribution < 1.29 is 13.9 Å². The van der Waals surface area contributed by atoms with Gasteiger partial charge < -0.3 is 9.64 Å². The van der Waals surface area contributed by atoms with Crippen LogP contribution in [-0.2, 0) is 0 Å². The topological polar surface area (TPSA) is 55.3 Å². The molecule has 6 heteroatoms. The number of methoxy groups -OCH3 is 1. The predicted molar refractivity (Wildman–Crippen MR) is 113 cm³/mol. The molecule has 1 unspecified atom stereocenters. The van der Waals surface area contributed by atoms with E-state index >= 15 is 0 Å². The Morgan fingerprint density at radius 2 is 1.87 bits per heavy atom. The highest BCUT2D eigenvalue weighted by Gasteiger charge is 2.28. The molecule has 154 valence electrons. The number of benzene rings is 2. The van der Waals surface area contributed by atoms with Gasteiger partial charge in [-0.25, -0.2) is 14.4 Å². The van der Waals surface area contributed by atoms with Crippen LogP contribution >= 0.6 is 0 Å². The lowest BCUT2D eigenvalue weighted by atomic mass is 9.89. The van der Waals surface area contributed by atoms with Crippen molar-refractivity contribution in [1.82, 2.24) is 14.9 Å². The highest BCUT2D eigenvalue weighted by atomic mass is 19.1. The van der Waals surface area contributed by atoms with Gasteiger partial charge in [0.05, 0.1) is 12.8 Å². The lowest BCUT2D eigenvalue weighted by Gasteiger charge is -2.33. The first-order valence-electron chi connectivity index (χ1n) is 10.1. The van der Waals surface area contributed by atoms with E-state index in [0.717, 1.165) is 42.0 Å². The Labute approximate surface area is 175 Å². The second-order valence-electron chi connectivity index (χ2n) is 7.54. The van der Waals surface area contributed by atoms with Crippen molar-refractivity contribution in [3.63, 3.8) is 0 Å². The Balaban J connectivity index is 1.60. The van der Waals surface area contributed by atoms with E-state index < -0.39 is 0 Å². The van der Waals surface area contributed by atoms with Crippen LogP contribution in [0.2, 0.25) is 0 Å². The van der Waals surface area contributed by atoms with Gasteiger partial charge in [-0.15, -0.1) is 0 Å². The van der Waals surface area contributed by atoms with E-state index in [9.17, 15) is 9.18 Å². The maximum Gasteiger partial charge on any atom is 0.253 e. The molecule has 1 aromatic heterocycles. The SMILES string of the molecule is COc1ccc(C(=O)N2CCCC(c3nc(C)ncc3-c3ccc(F)cc3)C2)cc1. The first-order chi connectivity index (χ1) is 14.5. The van der Waals surface area contributed by atoms with Crippen LogP contribution in [0.4, 0.5) is 4.39 Å². The fourth-order valence-corrected chi connectivity index (χ4v) is 3.95. The maximum absolute atomic E-state index is 13.4. The smallest absolute Gasteiger partial charge is 0.253 e. The molecule has 30 heavy (non-hydrogen) atoms. The lowest BCUT2D eigenvalue weighted by molar-refractivity contribution is 0.0706. The summed E-state index contributed by atoms with van der Waals surface area (Å²) >= 11 is 0. The maximum atomic E-state index is 13.4. The third kappa shape index (κ3) is 4.17. The number of hydrogen-bond donors (Lipinski definition) is 0. The number of aromatic nitrogens is 2. The van der Waals surface area contributed by atoms with Crippen LogP contribution in [-0.4, -0.2) is 41.0 Å². The summed E-state index contributed by atoms with van der Waals surface area (Å²) in [5, 5.41) is 0. The van der Waals surface area contributed by atoms with Crippen LogP contribution in [0.5, 0.6) is 5.75 Å². The molecule has 0 radical (unpaired) electrons. The predicted octanol–water partition coefficient (Wildman–Crippen LogP) is 4.62. The van der Waals surface area contributed by atoms with Gasteiger partial charge in [-0.2, -0.15) is 0 Å².